The van der Waals surface area contributed by atoms with Crippen LogP contribution in [-0.2, 0) is 16.1 Å². The second-order valence-electron chi connectivity index (χ2n) is 5.40. The van der Waals surface area contributed by atoms with Gasteiger partial charge in [-0.05, 0) is 18.5 Å². The quantitative estimate of drug-likeness (QED) is 0.888. The molecule has 106 valence electrons. The van der Waals surface area contributed by atoms with E-state index in [1.54, 1.807) is 0 Å². The first kappa shape index (κ1) is 14.5. The highest BCUT2D eigenvalue weighted by Gasteiger charge is 2.36. The van der Waals surface area contributed by atoms with Crippen LogP contribution in [0.5, 0.6) is 0 Å². The van der Waals surface area contributed by atoms with E-state index in [4.69, 9.17) is 15.2 Å². The smallest absolute Gasteiger partial charge is 0.0720 e. The van der Waals surface area contributed by atoms with E-state index < -0.39 is 0 Å². The first-order chi connectivity index (χ1) is 9.26. The van der Waals surface area contributed by atoms with Gasteiger partial charge in [-0.2, -0.15) is 0 Å². The zero-order valence-electron chi connectivity index (χ0n) is 11.9. The van der Waals surface area contributed by atoms with Gasteiger partial charge in [0.15, 0.2) is 0 Å². The second-order valence-corrected chi connectivity index (χ2v) is 5.40. The first-order valence-corrected chi connectivity index (χ1v) is 7.23. The number of ether oxygens (including phenoxy) is 2. The minimum atomic E-state index is 0.198. The molecule has 0 saturated carbocycles. The zero-order valence-corrected chi connectivity index (χ0v) is 11.9. The first-order valence-electron chi connectivity index (χ1n) is 7.23. The molecule has 0 unspecified atom stereocenters. The lowest BCUT2D eigenvalue weighted by Crippen LogP contribution is -2.48. The van der Waals surface area contributed by atoms with Gasteiger partial charge >= 0.3 is 0 Å². The fraction of sp³-hybridized carbons (Fsp3) is 0.625. The van der Waals surface area contributed by atoms with Crippen molar-refractivity contribution in [2.24, 2.45) is 17.6 Å². The van der Waals surface area contributed by atoms with Crippen LogP contribution < -0.4 is 5.73 Å². The molecule has 0 radical (unpaired) electrons. The Kier molecular flexibility index (Phi) is 5.37. The highest BCUT2D eigenvalue weighted by molar-refractivity contribution is 5.13. The van der Waals surface area contributed by atoms with Crippen LogP contribution in [0, 0.1) is 11.8 Å². The summed E-state index contributed by atoms with van der Waals surface area (Å²) in [5, 5.41) is 0. The van der Waals surface area contributed by atoms with Crippen molar-refractivity contribution in [3.8, 4) is 0 Å². The van der Waals surface area contributed by atoms with E-state index in [-0.39, 0.29) is 6.10 Å². The Morgan fingerprint density at radius 3 is 2.68 bits per heavy atom. The van der Waals surface area contributed by atoms with Crippen LogP contribution in [0.2, 0.25) is 0 Å². The van der Waals surface area contributed by atoms with Gasteiger partial charge in [0, 0.05) is 11.8 Å². The van der Waals surface area contributed by atoms with Gasteiger partial charge in [0.1, 0.15) is 0 Å². The van der Waals surface area contributed by atoms with Gasteiger partial charge in [-0.25, -0.2) is 0 Å². The van der Waals surface area contributed by atoms with E-state index in [9.17, 15) is 0 Å². The van der Waals surface area contributed by atoms with Crippen molar-refractivity contribution in [2.45, 2.75) is 39.1 Å². The monoisotopic (exact) mass is 263 g/mol. The molecule has 0 aliphatic carbocycles. The molecule has 0 aromatic heterocycles. The van der Waals surface area contributed by atoms with Crippen molar-refractivity contribution in [3.05, 3.63) is 35.9 Å². The van der Waals surface area contributed by atoms with Crippen LogP contribution in [-0.4, -0.2) is 25.4 Å². The van der Waals surface area contributed by atoms with Gasteiger partial charge in [0.05, 0.1) is 25.4 Å². The fourth-order valence-electron chi connectivity index (χ4n) is 2.88. The predicted molar refractivity (Wildman–Crippen MR) is 76.8 cm³/mol. The molecule has 2 N–H and O–H groups in total. The summed E-state index contributed by atoms with van der Waals surface area (Å²) in [6.07, 6.45) is 1.52. The van der Waals surface area contributed by atoms with Crippen molar-refractivity contribution < 1.29 is 9.47 Å². The zero-order chi connectivity index (χ0) is 13.7. The summed E-state index contributed by atoms with van der Waals surface area (Å²) in [6.45, 7) is 6.38. The second kappa shape index (κ2) is 7.04. The summed E-state index contributed by atoms with van der Waals surface area (Å²) in [5.74, 6) is 0.706. The third kappa shape index (κ3) is 3.56. The predicted octanol–water partition coefficient (Wildman–Crippen LogP) is 2.59. The Labute approximate surface area is 116 Å². The lowest BCUT2D eigenvalue weighted by atomic mass is 9.84. The minimum absolute atomic E-state index is 0.198. The Morgan fingerprint density at radius 1 is 1.32 bits per heavy atom. The highest BCUT2D eigenvalue weighted by Crippen LogP contribution is 2.29. The molecule has 2 rings (SSSR count). The SMILES string of the molecule is CC[C@H]1OC[C@@H](CN)[C@@H](OCc2ccccc2)[C@H]1C. The maximum Gasteiger partial charge on any atom is 0.0720 e. The molecule has 3 nitrogen and oxygen atoms in total. The Balaban J connectivity index is 1.98. The van der Waals surface area contributed by atoms with E-state index in [2.05, 4.69) is 26.0 Å². The number of rotatable bonds is 5. The Morgan fingerprint density at radius 2 is 2.05 bits per heavy atom. The minimum Gasteiger partial charge on any atom is -0.377 e. The van der Waals surface area contributed by atoms with Gasteiger partial charge in [0.2, 0.25) is 0 Å². The van der Waals surface area contributed by atoms with Crippen LogP contribution in [0.15, 0.2) is 30.3 Å². The molecule has 1 aromatic rings. The summed E-state index contributed by atoms with van der Waals surface area (Å²) in [7, 11) is 0. The van der Waals surface area contributed by atoms with Crippen LogP contribution in [0.3, 0.4) is 0 Å². The maximum absolute atomic E-state index is 6.16. The topological polar surface area (TPSA) is 44.5 Å². The molecule has 3 heteroatoms. The lowest BCUT2D eigenvalue weighted by Gasteiger charge is -2.40. The molecule has 0 amide bonds. The third-order valence-electron chi connectivity index (χ3n) is 4.08. The Hall–Kier alpha value is -0.900. The molecule has 0 spiro atoms. The summed E-state index contributed by atoms with van der Waals surface area (Å²) >= 11 is 0. The molecule has 1 aliphatic rings. The van der Waals surface area contributed by atoms with Gasteiger partial charge in [-0.15, -0.1) is 0 Å². The molecule has 1 saturated heterocycles. The molecule has 4 atom stereocenters. The molecule has 1 fully saturated rings. The summed E-state index contributed by atoms with van der Waals surface area (Å²) in [6, 6.07) is 10.3. The largest absolute Gasteiger partial charge is 0.377 e. The van der Waals surface area contributed by atoms with Crippen LogP contribution in [0.25, 0.3) is 0 Å². The van der Waals surface area contributed by atoms with Crippen molar-refractivity contribution in [2.75, 3.05) is 13.2 Å². The lowest BCUT2D eigenvalue weighted by molar-refractivity contribution is -0.148. The van der Waals surface area contributed by atoms with E-state index in [0.717, 1.165) is 13.0 Å². The van der Waals surface area contributed by atoms with Crippen LogP contribution >= 0.6 is 0 Å². The summed E-state index contributed by atoms with van der Waals surface area (Å²) in [4.78, 5) is 0. The van der Waals surface area contributed by atoms with E-state index in [0.29, 0.717) is 31.1 Å². The summed E-state index contributed by atoms with van der Waals surface area (Å²) < 4.78 is 12.0. The standard InChI is InChI=1S/C16H25NO2/c1-3-15-12(2)16(14(9-17)11-18-15)19-10-13-7-5-4-6-8-13/h4-8,12,14-16H,3,9-11,17H2,1-2H3/t12-,14+,15+,16-/m0/s1. The van der Waals surface area contributed by atoms with Gasteiger partial charge in [0.25, 0.3) is 0 Å². The molecule has 1 heterocycles. The maximum atomic E-state index is 6.16. The molecular weight excluding hydrogens is 238 g/mol. The van der Waals surface area contributed by atoms with Gasteiger partial charge in [-0.1, -0.05) is 44.2 Å². The van der Waals surface area contributed by atoms with Crippen molar-refractivity contribution >= 4 is 0 Å². The fourth-order valence-corrected chi connectivity index (χ4v) is 2.88. The summed E-state index contributed by atoms with van der Waals surface area (Å²) in [5.41, 5.74) is 7.06. The molecule has 1 aliphatic heterocycles. The highest BCUT2D eigenvalue weighted by atomic mass is 16.5. The van der Waals surface area contributed by atoms with Crippen molar-refractivity contribution in [1.29, 1.82) is 0 Å². The van der Waals surface area contributed by atoms with Gasteiger partial charge in [-0.3, -0.25) is 0 Å². The third-order valence-corrected chi connectivity index (χ3v) is 4.08. The number of hydrogen-bond acceptors (Lipinski definition) is 3. The van der Waals surface area contributed by atoms with Crippen molar-refractivity contribution in [3.63, 3.8) is 0 Å². The number of hydrogen-bond donors (Lipinski definition) is 1. The molecule has 1 aromatic carbocycles. The number of benzene rings is 1. The van der Waals surface area contributed by atoms with E-state index in [1.807, 2.05) is 18.2 Å². The average Bonchev–Trinajstić information content (AvgIpc) is 2.46. The van der Waals surface area contributed by atoms with Crippen molar-refractivity contribution in [1.82, 2.24) is 0 Å². The Bertz CT molecular complexity index is 368. The molecule has 0 bridgehead atoms. The van der Waals surface area contributed by atoms with Crippen LogP contribution in [0.4, 0.5) is 0 Å². The van der Waals surface area contributed by atoms with Crippen LogP contribution in [0.1, 0.15) is 25.8 Å². The van der Waals surface area contributed by atoms with E-state index >= 15 is 0 Å². The molecular formula is C16H25NO2. The van der Waals surface area contributed by atoms with E-state index in [1.165, 1.54) is 5.56 Å². The number of nitrogens with two attached hydrogens (primary N) is 1. The average molecular weight is 263 g/mol. The molecule has 19 heavy (non-hydrogen) atoms. The normalized spacial score (nSPS) is 31.3. The van der Waals surface area contributed by atoms with Gasteiger partial charge < -0.3 is 15.2 Å².